The molecule has 2 fully saturated rings. The van der Waals surface area contributed by atoms with Gasteiger partial charge in [0, 0.05) is 17.9 Å². The summed E-state index contributed by atoms with van der Waals surface area (Å²) in [4.78, 5) is 26.3. The minimum Gasteiger partial charge on any atom is -0.446 e. The number of benzene rings is 2. The van der Waals surface area contributed by atoms with Crippen molar-refractivity contribution in [2.45, 2.75) is 29.4 Å². The minimum atomic E-state index is -0.568. The van der Waals surface area contributed by atoms with Gasteiger partial charge < -0.3 is 4.74 Å². The Kier molecular flexibility index (Phi) is 6.15. The maximum atomic E-state index is 13.3. The summed E-state index contributed by atoms with van der Waals surface area (Å²) in [5, 5.41) is 0. The summed E-state index contributed by atoms with van der Waals surface area (Å²) in [5.74, 6) is 1.62. The van der Waals surface area contributed by atoms with Gasteiger partial charge in [0.25, 0.3) is 0 Å². The number of thioether (sulfide) groups is 2. The molecule has 0 aliphatic carbocycles. The average Bonchev–Trinajstić information content (AvgIpc) is 3.37. The van der Waals surface area contributed by atoms with E-state index in [1.54, 1.807) is 0 Å². The molecule has 2 aliphatic heterocycles. The zero-order valence-corrected chi connectivity index (χ0v) is 17.5. The molecule has 0 bridgehead atoms. The van der Waals surface area contributed by atoms with Gasteiger partial charge in [0.1, 0.15) is 18.5 Å². The molecule has 0 radical (unpaired) electrons. The second-order valence-electron chi connectivity index (χ2n) is 7.08. The first-order valence-electron chi connectivity index (χ1n) is 9.67. The maximum absolute atomic E-state index is 13.3. The zero-order valence-electron chi connectivity index (χ0n) is 15.9. The molecule has 2 heterocycles. The highest BCUT2D eigenvalue weighted by Crippen LogP contribution is 2.55. The number of amides is 2. The number of ether oxygens (including phenoxy) is 1. The molecule has 29 heavy (non-hydrogen) atoms. The number of cyclic esters (lactones) is 1. The number of rotatable bonds is 6. The van der Waals surface area contributed by atoms with Crippen LogP contribution in [0.1, 0.15) is 36.4 Å². The van der Waals surface area contributed by atoms with E-state index in [1.165, 1.54) is 17.0 Å². The van der Waals surface area contributed by atoms with Crippen molar-refractivity contribution < 1.29 is 18.7 Å². The molecule has 2 aromatic rings. The van der Waals surface area contributed by atoms with Crippen LogP contribution in [0.5, 0.6) is 0 Å². The van der Waals surface area contributed by atoms with E-state index >= 15 is 0 Å². The Morgan fingerprint density at radius 3 is 2.48 bits per heavy atom. The molecule has 2 amide bonds. The average molecular weight is 432 g/mol. The molecule has 0 saturated carbocycles. The van der Waals surface area contributed by atoms with Gasteiger partial charge >= 0.3 is 6.09 Å². The van der Waals surface area contributed by atoms with Crippen LogP contribution in [0.15, 0.2) is 54.6 Å². The van der Waals surface area contributed by atoms with Gasteiger partial charge in [-0.1, -0.05) is 42.5 Å². The van der Waals surface area contributed by atoms with Crippen LogP contribution in [0, 0.1) is 5.82 Å². The first-order valence-corrected chi connectivity index (χ1v) is 11.6. The second kappa shape index (κ2) is 8.79. The highest BCUT2D eigenvalue weighted by Gasteiger charge is 2.40. The van der Waals surface area contributed by atoms with Crippen LogP contribution < -0.4 is 0 Å². The van der Waals surface area contributed by atoms with Gasteiger partial charge in [0.05, 0.1) is 4.08 Å². The number of carbonyl (C=O) groups is 2. The van der Waals surface area contributed by atoms with E-state index in [-0.39, 0.29) is 34.9 Å². The highest BCUT2D eigenvalue weighted by atomic mass is 32.2. The Morgan fingerprint density at radius 1 is 1.10 bits per heavy atom. The molecular formula is C22H22FNO3S2. The first-order chi connectivity index (χ1) is 14.1. The molecule has 2 aromatic carbocycles. The van der Waals surface area contributed by atoms with E-state index in [1.807, 2.05) is 66.0 Å². The van der Waals surface area contributed by atoms with Crippen molar-refractivity contribution in [3.05, 3.63) is 71.5 Å². The van der Waals surface area contributed by atoms with E-state index in [0.717, 1.165) is 29.1 Å². The topological polar surface area (TPSA) is 46.6 Å². The lowest BCUT2D eigenvalue weighted by molar-refractivity contribution is -0.129. The van der Waals surface area contributed by atoms with Crippen molar-refractivity contribution in [3.63, 3.8) is 0 Å². The Balaban J connectivity index is 1.42. The number of nitrogens with zero attached hydrogens (tertiary/aromatic N) is 1. The number of hydrogen-bond donors (Lipinski definition) is 0. The Hall–Kier alpha value is -1.99. The minimum absolute atomic E-state index is 0.154. The maximum Gasteiger partial charge on any atom is 0.417 e. The summed E-state index contributed by atoms with van der Waals surface area (Å²) in [6, 6.07) is 15.8. The van der Waals surface area contributed by atoms with E-state index in [9.17, 15) is 14.0 Å². The van der Waals surface area contributed by atoms with Crippen molar-refractivity contribution in [1.29, 1.82) is 0 Å². The summed E-state index contributed by atoms with van der Waals surface area (Å²) in [5.41, 5.74) is 1.98. The normalized spacial score (nSPS) is 20.7. The molecule has 152 valence electrons. The predicted molar refractivity (Wildman–Crippen MR) is 114 cm³/mol. The summed E-state index contributed by atoms with van der Waals surface area (Å²) in [7, 11) is 0. The van der Waals surface area contributed by atoms with Gasteiger partial charge in [-0.3, -0.25) is 4.79 Å². The van der Waals surface area contributed by atoms with E-state index in [0.29, 0.717) is 6.42 Å². The van der Waals surface area contributed by atoms with Gasteiger partial charge in [0.2, 0.25) is 5.91 Å². The standard InChI is InChI=1S/C22H22FNO3S2/c23-18-10-8-17(9-11-18)22(28-13-14-29-22)12-4-7-20(25)24-19(15-27-21(24)26)16-5-2-1-3-6-16/h1-3,5-6,8-11,19H,4,7,12-15H2/t19-/m1/s1. The quantitative estimate of drug-likeness (QED) is 0.617. The van der Waals surface area contributed by atoms with Crippen LogP contribution in [0.2, 0.25) is 0 Å². The lowest BCUT2D eigenvalue weighted by Crippen LogP contribution is -2.34. The first kappa shape index (κ1) is 20.3. The second-order valence-corrected chi connectivity index (χ2v) is 10.1. The molecule has 0 unspecified atom stereocenters. The van der Waals surface area contributed by atoms with Gasteiger partial charge in [-0.25, -0.2) is 14.1 Å². The van der Waals surface area contributed by atoms with Crippen molar-refractivity contribution >= 4 is 35.5 Å². The van der Waals surface area contributed by atoms with E-state index < -0.39 is 6.09 Å². The molecule has 2 saturated heterocycles. The monoisotopic (exact) mass is 431 g/mol. The fourth-order valence-corrected chi connectivity index (χ4v) is 7.17. The summed E-state index contributed by atoms with van der Waals surface area (Å²) in [6.45, 7) is 0.194. The predicted octanol–water partition coefficient (Wildman–Crippen LogP) is 5.35. The molecular weight excluding hydrogens is 409 g/mol. The summed E-state index contributed by atoms with van der Waals surface area (Å²) in [6.07, 6.45) is 1.16. The summed E-state index contributed by atoms with van der Waals surface area (Å²) < 4.78 is 18.3. The molecule has 7 heteroatoms. The number of imide groups is 1. The van der Waals surface area contributed by atoms with Gasteiger partial charge in [-0.15, -0.1) is 23.5 Å². The van der Waals surface area contributed by atoms with Gasteiger partial charge in [0.15, 0.2) is 0 Å². The highest BCUT2D eigenvalue weighted by molar-refractivity contribution is 8.20. The molecule has 2 aliphatic rings. The zero-order chi connectivity index (χ0) is 20.3. The van der Waals surface area contributed by atoms with Gasteiger partial charge in [-0.2, -0.15) is 0 Å². The molecule has 1 atom stereocenters. The smallest absolute Gasteiger partial charge is 0.417 e. The Bertz CT molecular complexity index is 869. The third-order valence-electron chi connectivity index (χ3n) is 5.26. The SMILES string of the molecule is O=C(CCCC1(c2ccc(F)cc2)SCCS1)N1C(=O)OC[C@@H]1c1ccccc1. The van der Waals surface area contributed by atoms with Crippen molar-refractivity contribution in [2.75, 3.05) is 18.1 Å². The van der Waals surface area contributed by atoms with Crippen molar-refractivity contribution in [3.8, 4) is 0 Å². The van der Waals surface area contributed by atoms with Crippen molar-refractivity contribution in [1.82, 2.24) is 4.90 Å². The van der Waals surface area contributed by atoms with Crippen molar-refractivity contribution in [2.24, 2.45) is 0 Å². The lowest BCUT2D eigenvalue weighted by atomic mass is 10.0. The molecule has 4 rings (SSSR count). The molecule has 0 aromatic heterocycles. The third-order valence-corrected chi connectivity index (χ3v) is 8.85. The number of carbonyl (C=O) groups excluding carboxylic acids is 2. The van der Waals surface area contributed by atoms with Crippen LogP contribution in [0.3, 0.4) is 0 Å². The van der Waals surface area contributed by atoms with Crippen LogP contribution >= 0.6 is 23.5 Å². The summed E-state index contributed by atoms with van der Waals surface area (Å²) >= 11 is 3.71. The fraction of sp³-hybridized carbons (Fsp3) is 0.364. The number of halogens is 1. The number of hydrogen-bond acceptors (Lipinski definition) is 5. The molecule has 0 spiro atoms. The molecule has 0 N–H and O–H groups in total. The van der Waals surface area contributed by atoms with Crippen LogP contribution in [0.4, 0.5) is 9.18 Å². The van der Waals surface area contributed by atoms with E-state index in [2.05, 4.69) is 0 Å². The Labute approximate surface area is 178 Å². The van der Waals surface area contributed by atoms with Crippen LogP contribution in [-0.4, -0.2) is 35.0 Å². The largest absolute Gasteiger partial charge is 0.446 e. The van der Waals surface area contributed by atoms with Crippen LogP contribution in [0.25, 0.3) is 0 Å². The lowest BCUT2D eigenvalue weighted by Gasteiger charge is -2.28. The molecule has 4 nitrogen and oxygen atoms in total. The van der Waals surface area contributed by atoms with E-state index in [4.69, 9.17) is 4.74 Å². The fourth-order valence-electron chi connectivity index (χ4n) is 3.82. The van der Waals surface area contributed by atoms with Gasteiger partial charge in [-0.05, 0) is 36.1 Å². The third kappa shape index (κ3) is 4.31. The Morgan fingerprint density at radius 2 is 1.79 bits per heavy atom. The van der Waals surface area contributed by atoms with Crippen LogP contribution in [-0.2, 0) is 13.6 Å².